The molecule has 0 aromatic heterocycles. The molecule has 0 aliphatic carbocycles. The Labute approximate surface area is 281 Å². The van der Waals surface area contributed by atoms with Gasteiger partial charge in [0.2, 0.25) is 5.79 Å². The summed E-state index contributed by atoms with van der Waals surface area (Å²) in [4.78, 5) is 0. The molecule has 2 aromatic carbocycles. The largest absolute Gasteiger partial charge is 0.484 e. The van der Waals surface area contributed by atoms with Crippen molar-refractivity contribution in [3.63, 3.8) is 0 Å². The molecule has 4 atom stereocenters. The van der Waals surface area contributed by atoms with Crippen LogP contribution >= 0.6 is 11.6 Å². The van der Waals surface area contributed by atoms with Crippen molar-refractivity contribution in [2.75, 3.05) is 46.8 Å². The summed E-state index contributed by atoms with van der Waals surface area (Å²) in [5.74, 6) is -1.56. The first kappa shape index (κ1) is 39.5. The van der Waals surface area contributed by atoms with E-state index in [-0.39, 0.29) is 5.75 Å². The Kier molecular flexibility index (Phi) is 15.7. The van der Waals surface area contributed by atoms with Crippen LogP contribution < -0.4 is 4.74 Å². The average Bonchev–Trinajstić information content (AvgIpc) is 3.06. The molecule has 1 aliphatic heterocycles. The zero-order chi connectivity index (χ0) is 34.5. The molecule has 0 saturated carbocycles. The first-order valence-corrected chi connectivity index (χ1v) is 16.8. The van der Waals surface area contributed by atoms with Gasteiger partial charge < -0.3 is 38.6 Å². The van der Waals surface area contributed by atoms with E-state index in [0.717, 1.165) is 44.1 Å². The van der Waals surface area contributed by atoms with Gasteiger partial charge in [-0.05, 0) is 61.1 Å². The zero-order valence-electron chi connectivity index (χ0n) is 27.8. The molecule has 1 heterocycles. The molecule has 1 fully saturated rings. The summed E-state index contributed by atoms with van der Waals surface area (Å²) in [6.07, 6.45) is -1.67. The number of methoxy groups -OCH3 is 1. The summed E-state index contributed by atoms with van der Waals surface area (Å²) >= 11 is 6.67. The predicted molar refractivity (Wildman–Crippen MR) is 173 cm³/mol. The van der Waals surface area contributed by atoms with Gasteiger partial charge in [-0.25, -0.2) is 0 Å². The Balaban J connectivity index is 2.08. The van der Waals surface area contributed by atoms with Crippen LogP contribution in [-0.2, 0) is 35.9 Å². The van der Waals surface area contributed by atoms with Crippen LogP contribution in [0.25, 0.3) is 0 Å². The normalized spacial score (nSPS) is 22.8. The minimum Gasteiger partial charge on any atom is -0.484 e. The van der Waals surface area contributed by atoms with Crippen molar-refractivity contribution in [1.82, 2.24) is 0 Å². The maximum absolute atomic E-state index is 12.6. The molecule has 47 heavy (non-hydrogen) atoms. The van der Waals surface area contributed by atoms with Crippen molar-refractivity contribution in [1.29, 1.82) is 0 Å². The molecule has 0 radical (unpaired) electrons. The van der Waals surface area contributed by atoms with E-state index in [1.807, 2.05) is 13.0 Å². The smallest absolute Gasteiger partial charge is 0.422 e. The minimum absolute atomic E-state index is 0.0982. The van der Waals surface area contributed by atoms with Crippen LogP contribution in [0.4, 0.5) is 13.2 Å². The number of aliphatic hydroxyl groups excluding tert-OH is 2. The number of rotatable bonds is 20. The van der Waals surface area contributed by atoms with Crippen LogP contribution in [0, 0.1) is 0 Å². The summed E-state index contributed by atoms with van der Waals surface area (Å²) in [6, 6.07) is 11.6. The van der Waals surface area contributed by atoms with Crippen LogP contribution in [0.3, 0.4) is 0 Å². The minimum atomic E-state index is -4.44. The van der Waals surface area contributed by atoms with Gasteiger partial charge >= 0.3 is 6.18 Å². The molecule has 0 unspecified atom stereocenters. The van der Waals surface area contributed by atoms with Crippen LogP contribution in [0.15, 0.2) is 42.5 Å². The maximum Gasteiger partial charge on any atom is 0.422 e. The topological polar surface area (TPSA) is 95.8 Å². The number of unbranched alkanes of at least 4 members (excludes halogenated alkanes) is 3. The molecule has 2 aromatic rings. The lowest BCUT2D eigenvalue weighted by atomic mass is 9.80. The highest BCUT2D eigenvalue weighted by molar-refractivity contribution is 6.31. The third-order valence-electron chi connectivity index (χ3n) is 8.25. The van der Waals surface area contributed by atoms with Gasteiger partial charge in [0.1, 0.15) is 29.7 Å². The van der Waals surface area contributed by atoms with E-state index in [1.165, 1.54) is 19.2 Å². The molecule has 266 valence electrons. The number of hydrogen-bond donors (Lipinski definition) is 2. The molecule has 2 N–H and O–H groups in total. The van der Waals surface area contributed by atoms with Gasteiger partial charge in [-0.1, -0.05) is 69.8 Å². The molecule has 12 heteroatoms. The second kappa shape index (κ2) is 18.7. The summed E-state index contributed by atoms with van der Waals surface area (Å²) < 4.78 is 75.0. The fourth-order valence-electron chi connectivity index (χ4n) is 5.60. The van der Waals surface area contributed by atoms with Crippen LogP contribution in [0.2, 0.25) is 5.02 Å². The molecule has 1 aliphatic rings. The lowest BCUT2D eigenvalue weighted by Crippen LogP contribution is -2.73. The Morgan fingerprint density at radius 1 is 0.830 bits per heavy atom. The van der Waals surface area contributed by atoms with E-state index in [4.69, 9.17) is 40.0 Å². The fourth-order valence-corrected chi connectivity index (χ4v) is 5.78. The van der Waals surface area contributed by atoms with E-state index < -0.39 is 55.7 Å². The Morgan fingerprint density at radius 3 is 1.94 bits per heavy atom. The van der Waals surface area contributed by atoms with Gasteiger partial charge in [-0.15, -0.1) is 0 Å². The SMILES string of the molecule is CCCCO[C@@H]1[C@@H](OCCCC)[C@](OC)(c2ccc(Cl)c(Cc3ccc(OCC(F)(F)F)cc3)c2)OC(CO)(CO)[C@H]1OCCCC. The third kappa shape index (κ3) is 10.3. The summed E-state index contributed by atoms with van der Waals surface area (Å²) in [7, 11) is 1.48. The highest BCUT2D eigenvalue weighted by Crippen LogP contribution is 2.47. The van der Waals surface area contributed by atoms with E-state index in [0.29, 0.717) is 42.4 Å². The number of halogens is 4. The van der Waals surface area contributed by atoms with Crippen molar-refractivity contribution in [2.45, 2.75) is 102 Å². The maximum atomic E-state index is 12.6. The molecule has 8 nitrogen and oxygen atoms in total. The van der Waals surface area contributed by atoms with E-state index in [9.17, 15) is 23.4 Å². The van der Waals surface area contributed by atoms with Crippen molar-refractivity contribution < 1.29 is 51.8 Å². The van der Waals surface area contributed by atoms with Crippen LogP contribution in [0.1, 0.15) is 76.0 Å². The third-order valence-corrected chi connectivity index (χ3v) is 8.62. The van der Waals surface area contributed by atoms with E-state index >= 15 is 0 Å². The van der Waals surface area contributed by atoms with E-state index in [2.05, 4.69) is 13.8 Å². The monoisotopic (exact) mass is 690 g/mol. The van der Waals surface area contributed by atoms with Gasteiger partial charge in [-0.3, -0.25) is 0 Å². The van der Waals surface area contributed by atoms with Gasteiger partial charge in [-0.2, -0.15) is 13.2 Å². The van der Waals surface area contributed by atoms with E-state index in [1.54, 1.807) is 24.3 Å². The average molecular weight is 691 g/mol. The summed E-state index contributed by atoms with van der Waals surface area (Å²) in [5, 5.41) is 22.1. The number of alkyl halides is 3. The van der Waals surface area contributed by atoms with Crippen LogP contribution in [-0.4, -0.2) is 87.1 Å². The fraction of sp³-hybridized carbons (Fsp3) is 0.657. The quantitative estimate of drug-likeness (QED) is 0.144. The van der Waals surface area contributed by atoms with Crippen molar-refractivity contribution in [3.05, 3.63) is 64.2 Å². The second-order valence-electron chi connectivity index (χ2n) is 11.9. The lowest BCUT2D eigenvalue weighted by Gasteiger charge is -2.56. The highest BCUT2D eigenvalue weighted by Gasteiger charge is 2.64. The highest BCUT2D eigenvalue weighted by atomic mass is 35.5. The van der Waals surface area contributed by atoms with Gasteiger partial charge in [0.05, 0.1) is 13.2 Å². The first-order chi connectivity index (χ1) is 22.5. The number of hydrogen-bond acceptors (Lipinski definition) is 8. The summed E-state index contributed by atoms with van der Waals surface area (Å²) in [6.45, 7) is 4.75. The molecule has 3 rings (SSSR count). The second-order valence-corrected chi connectivity index (χ2v) is 12.3. The summed E-state index contributed by atoms with van der Waals surface area (Å²) in [5.41, 5.74) is 0.370. The zero-order valence-corrected chi connectivity index (χ0v) is 28.6. The predicted octanol–water partition coefficient (Wildman–Crippen LogP) is 6.98. The van der Waals surface area contributed by atoms with Crippen molar-refractivity contribution >= 4 is 11.6 Å². The van der Waals surface area contributed by atoms with Gasteiger partial charge in [0.15, 0.2) is 6.61 Å². The lowest BCUT2D eigenvalue weighted by molar-refractivity contribution is -0.414. The Bertz CT molecular complexity index is 1190. The molecular weight excluding hydrogens is 641 g/mol. The van der Waals surface area contributed by atoms with Crippen molar-refractivity contribution in [3.8, 4) is 5.75 Å². The molecule has 0 spiro atoms. The number of benzene rings is 2. The first-order valence-electron chi connectivity index (χ1n) is 16.4. The molecule has 1 saturated heterocycles. The number of aliphatic hydroxyl groups is 2. The van der Waals surface area contributed by atoms with Gasteiger partial charge in [0.25, 0.3) is 0 Å². The number of ether oxygens (including phenoxy) is 6. The van der Waals surface area contributed by atoms with Gasteiger partial charge in [0, 0.05) is 37.5 Å². The molecule has 0 bridgehead atoms. The van der Waals surface area contributed by atoms with Crippen LogP contribution in [0.5, 0.6) is 5.75 Å². The Morgan fingerprint density at radius 2 is 1.40 bits per heavy atom. The molecule has 0 amide bonds. The standard InChI is InChI=1S/C35H50ClF3O8/c1-5-8-17-43-30-31(44-18-9-6-2)33(22-40,23-41)47-35(42-4,32(30)45-19-10-7-3)27-13-16-29(36)26(21-27)20-25-11-14-28(15-12-25)46-24-34(37,38)39/h11-16,21,30-32,40-41H,5-10,17-20,22-24H2,1-4H3/t30-,31-,32+,35-/m0/s1. The molecular formula is C35H50ClF3O8. The van der Waals surface area contributed by atoms with Crippen molar-refractivity contribution in [2.24, 2.45) is 0 Å². The Hall–Kier alpha value is -1.96.